The number of H-pyrrole nitrogens is 1. The van der Waals surface area contributed by atoms with Crippen LogP contribution in [0.5, 0.6) is 0 Å². The van der Waals surface area contributed by atoms with Crippen molar-refractivity contribution >= 4 is 22.9 Å². The minimum Gasteiger partial charge on any atom is -0.396 e. The maximum absolute atomic E-state index is 10.8. The van der Waals surface area contributed by atoms with Crippen molar-refractivity contribution in [3.63, 3.8) is 0 Å². The molecule has 2 aromatic carbocycles. The molecule has 0 aliphatic rings. The summed E-state index contributed by atoms with van der Waals surface area (Å²) in [6.45, 7) is 2.79. The quantitative estimate of drug-likeness (QED) is 0.475. The summed E-state index contributed by atoms with van der Waals surface area (Å²) in [4.78, 5) is 16.5. The summed E-state index contributed by atoms with van der Waals surface area (Å²) in [6, 6.07) is 16.5. The molecule has 28 heavy (non-hydrogen) atoms. The molecule has 3 aromatic rings. The van der Waals surface area contributed by atoms with Gasteiger partial charge in [-0.3, -0.25) is 9.69 Å². The molecule has 0 bridgehead atoms. The second-order valence-corrected chi connectivity index (χ2v) is 6.94. The lowest BCUT2D eigenvalue weighted by atomic mass is 10.1. The molecular formula is C23H27N3O2. The molecule has 146 valence electrons. The Hall–Kier alpha value is -2.89. The number of nitrogens with two attached hydrogens (primary N) is 1. The third-order valence-electron chi connectivity index (χ3n) is 4.83. The normalized spacial score (nSPS) is 11.6. The van der Waals surface area contributed by atoms with E-state index in [1.54, 1.807) is 6.08 Å². The third kappa shape index (κ3) is 5.55. The van der Waals surface area contributed by atoms with Gasteiger partial charge in [0.15, 0.2) is 0 Å². The molecule has 1 aromatic heterocycles. The summed E-state index contributed by atoms with van der Waals surface area (Å²) >= 11 is 0. The minimum absolute atomic E-state index is 0.195. The number of rotatable bonds is 10. The number of amides is 1. The number of carbonyl (C=O) groups excluding carboxylic acids is 1. The van der Waals surface area contributed by atoms with Gasteiger partial charge >= 0.3 is 0 Å². The fraction of sp³-hybridized carbons (Fsp3) is 0.261. The topological polar surface area (TPSA) is 82.3 Å². The van der Waals surface area contributed by atoms with Crippen molar-refractivity contribution in [2.45, 2.75) is 19.4 Å². The van der Waals surface area contributed by atoms with Gasteiger partial charge in [-0.1, -0.05) is 42.5 Å². The number of hydrogen-bond donors (Lipinski definition) is 3. The first-order valence-electron chi connectivity index (χ1n) is 9.60. The SMILES string of the molecule is NC(=O)/C=C/c1ccc(CN(CCCO)CCc2c[nH]c3ccccc23)cc1. The van der Waals surface area contributed by atoms with E-state index in [1.807, 2.05) is 18.2 Å². The van der Waals surface area contributed by atoms with Crippen LogP contribution in [0.3, 0.4) is 0 Å². The molecule has 5 heteroatoms. The molecule has 0 spiro atoms. The Balaban J connectivity index is 1.64. The molecule has 0 aliphatic carbocycles. The van der Waals surface area contributed by atoms with Crippen LogP contribution in [-0.2, 0) is 17.8 Å². The Morgan fingerprint density at radius 3 is 2.64 bits per heavy atom. The lowest BCUT2D eigenvalue weighted by Crippen LogP contribution is -2.27. The van der Waals surface area contributed by atoms with Crippen LogP contribution in [0.15, 0.2) is 60.8 Å². The molecule has 0 saturated heterocycles. The van der Waals surface area contributed by atoms with E-state index < -0.39 is 5.91 Å². The van der Waals surface area contributed by atoms with E-state index in [0.29, 0.717) is 0 Å². The molecule has 5 nitrogen and oxygen atoms in total. The van der Waals surface area contributed by atoms with Crippen LogP contribution in [0.4, 0.5) is 0 Å². The van der Waals surface area contributed by atoms with Gasteiger partial charge in [0.1, 0.15) is 0 Å². The number of para-hydroxylation sites is 1. The van der Waals surface area contributed by atoms with Crippen molar-refractivity contribution in [1.29, 1.82) is 0 Å². The molecule has 1 heterocycles. The van der Waals surface area contributed by atoms with Crippen LogP contribution in [0.2, 0.25) is 0 Å². The smallest absolute Gasteiger partial charge is 0.241 e. The van der Waals surface area contributed by atoms with Gasteiger partial charge in [-0.15, -0.1) is 0 Å². The average Bonchev–Trinajstić information content (AvgIpc) is 3.12. The first-order valence-corrected chi connectivity index (χ1v) is 9.60. The number of aromatic amines is 1. The number of nitrogens with one attached hydrogen (secondary N) is 1. The molecule has 0 radical (unpaired) electrons. The summed E-state index contributed by atoms with van der Waals surface area (Å²) in [5, 5.41) is 10.5. The van der Waals surface area contributed by atoms with Gasteiger partial charge in [0.05, 0.1) is 0 Å². The Bertz CT molecular complexity index is 928. The Morgan fingerprint density at radius 2 is 1.89 bits per heavy atom. The summed E-state index contributed by atoms with van der Waals surface area (Å²) in [5.74, 6) is -0.448. The number of aliphatic hydroxyl groups excluding tert-OH is 1. The van der Waals surface area contributed by atoms with Gasteiger partial charge in [-0.2, -0.15) is 0 Å². The maximum Gasteiger partial charge on any atom is 0.241 e. The van der Waals surface area contributed by atoms with Crippen molar-refractivity contribution in [3.05, 3.63) is 77.5 Å². The monoisotopic (exact) mass is 377 g/mol. The standard InChI is InChI=1S/C23H27N3O2/c24-23(28)11-10-18-6-8-19(9-7-18)17-26(13-3-15-27)14-12-20-16-25-22-5-2-1-4-21(20)22/h1-2,4-11,16,25,27H,3,12-15,17H2,(H2,24,28)/b11-10+. The fourth-order valence-corrected chi connectivity index (χ4v) is 3.35. The highest BCUT2D eigenvalue weighted by Crippen LogP contribution is 2.19. The van der Waals surface area contributed by atoms with E-state index in [-0.39, 0.29) is 6.61 Å². The van der Waals surface area contributed by atoms with E-state index in [9.17, 15) is 9.90 Å². The number of benzene rings is 2. The number of hydrogen-bond acceptors (Lipinski definition) is 3. The van der Waals surface area contributed by atoms with Gasteiger partial charge in [0.2, 0.25) is 5.91 Å². The number of aromatic nitrogens is 1. The molecule has 4 N–H and O–H groups in total. The molecule has 0 atom stereocenters. The third-order valence-corrected chi connectivity index (χ3v) is 4.83. The number of nitrogens with zero attached hydrogens (tertiary/aromatic N) is 1. The Morgan fingerprint density at radius 1 is 1.11 bits per heavy atom. The highest BCUT2D eigenvalue weighted by Gasteiger charge is 2.09. The molecule has 0 fully saturated rings. The zero-order chi connectivity index (χ0) is 19.8. The zero-order valence-corrected chi connectivity index (χ0v) is 16.0. The maximum atomic E-state index is 10.8. The molecule has 0 unspecified atom stereocenters. The minimum atomic E-state index is -0.448. The van der Waals surface area contributed by atoms with Gasteiger partial charge in [0.25, 0.3) is 0 Å². The van der Waals surface area contributed by atoms with Crippen molar-refractivity contribution in [2.75, 3.05) is 19.7 Å². The zero-order valence-electron chi connectivity index (χ0n) is 16.0. The predicted molar refractivity (Wildman–Crippen MR) is 114 cm³/mol. The lowest BCUT2D eigenvalue weighted by molar-refractivity contribution is -0.113. The second kappa shape index (κ2) is 9.88. The molecule has 3 rings (SSSR count). The first kappa shape index (κ1) is 19.9. The van der Waals surface area contributed by atoms with Crippen molar-refractivity contribution in [1.82, 2.24) is 9.88 Å². The molecule has 0 saturated carbocycles. The molecule has 0 aliphatic heterocycles. The largest absolute Gasteiger partial charge is 0.396 e. The van der Waals surface area contributed by atoms with Crippen molar-refractivity contribution in [3.8, 4) is 0 Å². The Labute approximate surface area is 165 Å². The van der Waals surface area contributed by atoms with Gasteiger partial charge < -0.3 is 15.8 Å². The fourth-order valence-electron chi connectivity index (χ4n) is 3.35. The number of carbonyl (C=O) groups is 1. The van der Waals surface area contributed by atoms with E-state index >= 15 is 0 Å². The van der Waals surface area contributed by atoms with Gasteiger partial charge in [-0.25, -0.2) is 0 Å². The van der Waals surface area contributed by atoms with E-state index in [0.717, 1.165) is 38.0 Å². The average molecular weight is 377 g/mol. The van der Waals surface area contributed by atoms with E-state index in [1.165, 1.54) is 28.1 Å². The van der Waals surface area contributed by atoms with Crippen molar-refractivity contribution in [2.24, 2.45) is 5.73 Å². The van der Waals surface area contributed by atoms with Crippen LogP contribution in [0.25, 0.3) is 17.0 Å². The van der Waals surface area contributed by atoms with Crippen LogP contribution >= 0.6 is 0 Å². The second-order valence-electron chi connectivity index (χ2n) is 6.94. The summed E-state index contributed by atoms with van der Waals surface area (Å²) in [6.07, 6.45) is 6.88. The van der Waals surface area contributed by atoms with Crippen LogP contribution in [0.1, 0.15) is 23.1 Å². The summed E-state index contributed by atoms with van der Waals surface area (Å²) in [7, 11) is 0. The lowest BCUT2D eigenvalue weighted by Gasteiger charge is -2.22. The highest BCUT2D eigenvalue weighted by molar-refractivity contribution is 5.90. The summed E-state index contributed by atoms with van der Waals surface area (Å²) < 4.78 is 0. The molecule has 1 amide bonds. The number of fused-ring (bicyclic) bond motifs is 1. The van der Waals surface area contributed by atoms with E-state index in [4.69, 9.17) is 5.73 Å². The Kier molecular flexibility index (Phi) is 7.00. The highest BCUT2D eigenvalue weighted by atomic mass is 16.3. The molecular weight excluding hydrogens is 350 g/mol. The first-order chi connectivity index (χ1) is 13.7. The van der Waals surface area contributed by atoms with Crippen LogP contribution < -0.4 is 5.73 Å². The number of aliphatic hydroxyl groups is 1. The van der Waals surface area contributed by atoms with Crippen LogP contribution in [0, 0.1) is 0 Å². The number of primary amides is 1. The predicted octanol–water partition coefficient (Wildman–Crippen LogP) is 3.09. The van der Waals surface area contributed by atoms with Gasteiger partial charge in [-0.05, 0) is 41.7 Å². The van der Waals surface area contributed by atoms with Crippen LogP contribution in [-0.4, -0.2) is 40.6 Å². The summed E-state index contributed by atoms with van der Waals surface area (Å²) in [5.41, 5.74) is 9.77. The van der Waals surface area contributed by atoms with E-state index in [2.05, 4.69) is 46.4 Å². The van der Waals surface area contributed by atoms with Gasteiger partial charge in [0, 0.05) is 49.4 Å². The van der Waals surface area contributed by atoms with Crippen molar-refractivity contribution < 1.29 is 9.90 Å².